The van der Waals surface area contributed by atoms with Gasteiger partial charge < -0.3 is 10.6 Å². The standard InChI is InChI=1S/C5H11N2/c1-2-6-4-5-7-3-1/h1,6-7H,2-5H2. The average Bonchev–Trinajstić information content (AvgIpc) is 1.90. The van der Waals surface area contributed by atoms with Crippen LogP contribution >= 0.6 is 0 Å². The summed E-state index contributed by atoms with van der Waals surface area (Å²) in [5.41, 5.74) is 0. The van der Waals surface area contributed by atoms with Gasteiger partial charge in [-0.2, -0.15) is 0 Å². The molecule has 1 aliphatic rings. The van der Waals surface area contributed by atoms with Gasteiger partial charge in [-0.3, -0.25) is 0 Å². The molecule has 0 atom stereocenters. The normalized spacial score (nSPS) is 24.0. The van der Waals surface area contributed by atoms with Crippen LogP contribution < -0.4 is 10.6 Å². The van der Waals surface area contributed by atoms with Crippen LogP contribution in [0.1, 0.15) is 0 Å². The van der Waals surface area contributed by atoms with E-state index in [1.807, 2.05) is 0 Å². The minimum absolute atomic E-state index is 1.06. The van der Waals surface area contributed by atoms with E-state index in [4.69, 9.17) is 0 Å². The number of rotatable bonds is 0. The fourth-order valence-corrected chi connectivity index (χ4v) is 0.657. The lowest BCUT2D eigenvalue weighted by Gasteiger charge is -1.92. The van der Waals surface area contributed by atoms with Gasteiger partial charge in [0.05, 0.1) is 0 Å². The second-order valence-corrected chi connectivity index (χ2v) is 1.70. The summed E-state index contributed by atoms with van der Waals surface area (Å²) >= 11 is 0. The Hall–Kier alpha value is -0.0800. The zero-order valence-corrected chi connectivity index (χ0v) is 4.41. The van der Waals surface area contributed by atoms with Crippen LogP contribution in [0.3, 0.4) is 0 Å². The molecule has 1 fully saturated rings. The molecule has 0 spiro atoms. The first-order valence-corrected chi connectivity index (χ1v) is 2.73. The molecule has 1 saturated heterocycles. The molecule has 2 N–H and O–H groups in total. The van der Waals surface area contributed by atoms with E-state index >= 15 is 0 Å². The lowest BCUT2D eigenvalue weighted by Crippen LogP contribution is -2.21. The Kier molecular flexibility index (Phi) is 2.17. The largest absolute Gasteiger partial charge is 0.315 e. The van der Waals surface area contributed by atoms with Crippen LogP contribution in [-0.4, -0.2) is 26.2 Å². The first-order valence-electron chi connectivity index (χ1n) is 2.73. The molecule has 1 rings (SSSR count). The molecule has 1 heterocycles. The molecule has 0 amide bonds. The maximum absolute atomic E-state index is 3.23. The van der Waals surface area contributed by atoms with Crippen molar-refractivity contribution in [3.63, 3.8) is 0 Å². The van der Waals surface area contributed by atoms with Crippen molar-refractivity contribution in [1.82, 2.24) is 10.6 Å². The summed E-state index contributed by atoms with van der Waals surface area (Å²) in [5.74, 6) is 0. The first kappa shape index (κ1) is 5.06. The van der Waals surface area contributed by atoms with Gasteiger partial charge in [-0.25, -0.2) is 0 Å². The van der Waals surface area contributed by atoms with E-state index in [0.29, 0.717) is 0 Å². The topological polar surface area (TPSA) is 24.1 Å². The van der Waals surface area contributed by atoms with Crippen LogP contribution in [-0.2, 0) is 0 Å². The maximum atomic E-state index is 3.23. The van der Waals surface area contributed by atoms with Crippen LogP contribution in [0.5, 0.6) is 0 Å². The van der Waals surface area contributed by atoms with Gasteiger partial charge in [0, 0.05) is 13.1 Å². The molecular weight excluding hydrogens is 88.1 g/mol. The van der Waals surface area contributed by atoms with Gasteiger partial charge in [-0.15, -0.1) is 0 Å². The van der Waals surface area contributed by atoms with Gasteiger partial charge >= 0.3 is 0 Å². The molecule has 0 saturated carbocycles. The Morgan fingerprint density at radius 3 is 2.14 bits per heavy atom. The summed E-state index contributed by atoms with van der Waals surface area (Å²) in [6, 6.07) is 0. The van der Waals surface area contributed by atoms with Crippen LogP contribution in [0.15, 0.2) is 0 Å². The molecule has 0 aliphatic carbocycles. The molecule has 7 heavy (non-hydrogen) atoms. The summed E-state index contributed by atoms with van der Waals surface area (Å²) in [5, 5.41) is 6.46. The predicted molar refractivity (Wildman–Crippen MR) is 30.0 cm³/mol. The molecule has 0 aromatic heterocycles. The SMILES string of the molecule is [CH]1CNCCNC1. The molecule has 41 valence electrons. The van der Waals surface area contributed by atoms with Crippen molar-refractivity contribution in [3.05, 3.63) is 6.42 Å². The Morgan fingerprint density at radius 2 is 1.57 bits per heavy atom. The van der Waals surface area contributed by atoms with Gasteiger partial charge in [0.1, 0.15) is 0 Å². The minimum Gasteiger partial charge on any atom is -0.315 e. The van der Waals surface area contributed by atoms with Crippen LogP contribution in [0, 0.1) is 6.42 Å². The summed E-state index contributed by atoms with van der Waals surface area (Å²) in [4.78, 5) is 0. The molecule has 0 aromatic carbocycles. The van der Waals surface area contributed by atoms with Crippen molar-refractivity contribution in [1.29, 1.82) is 0 Å². The monoisotopic (exact) mass is 99.1 g/mol. The van der Waals surface area contributed by atoms with Crippen molar-refractivity contribution >= 4 is 0 Å². The zero-order valence-electron chi connectivity index (χ0n) is 4.41. The fraction of sp³-hybridized carbons (Fsp3) is 0.800. The van der Waals surface area contributed by atoms with Gasteiger partial charge in [-0.05, 0) is 19.5 Å². The number of nitrogens with one attached hydrogen (secondary N) is 2. The molecule has 2 heteroatoms. The predicted octanol–water partition coefficient (Wildman–Crippen LogP) is -0.617. The van der Waals surface area contributed by atoms with Crippen molar-refractivity contribution in [2.75, 3.05) is 26.2 Å². The smallest absolute Gasteiger partial charge is 0.00768 e. The molecule has 1 radical (unpaired) electrons. The number of hydrogen-bond acceptors (Lipinski definition) is 2. The molecule has 1 aliphatic heterocycles. The van der Waals surface area contributed by atoms with Gasteiger partial charge in [0.2, 0.25) is 0 Å². The van der Waals surface area contributed by atoms with E-state index in [0.717, 1.165) is 26.2 Å². The van der Waals surface area contributed by atoms with Gasteiger partial charge in [0.15, 0.2) is 0 Å². The fourth-order valence-electron chi connectivity index (χ4n) is 0.657. The maximum Gasteiger partial charge on any atom is 0.00768 e. The summed E-state index contributed by atoms with van der Waals surface area (Å²) in [7, 11) is 0. The van der Waals surface area contributed by atoms with Crippen LogP contribution in [0.4, 0.5) is 0 Å². The lowest BCUT2D eigenvalue weighted by molar-refractivity contribution is 0.718. The Morgan fingerprint density at radius 1 is 1.00 bits per heavy atom. The highest BCUT2D eigenvalue weighted by Gasteiger charge is 1.92. The molecule has 2 nitrogen and oxygen atoms in total. The van der Waals surface area contributed by atoms with Crippen molar-refractivity contribution in [2.45, 2.75) is 0 Å². The zero-order chi connectivity index (χ0) is 4.95. The third kappa shape index (κ3) is 1.90. The summed E-state index contributed by atoms with van der Waals surface area (Å²) < 4.78 is 0. The van der Waals surface area contributed by atoms with E-state index < -0.39 is 0 Å². The molecule has 0 unspecified atom stereocenters. The third-order valence-corrected chi connectivity index (χ3v) is 1.06. The van der Waals surface area contributed by atoms with Crippen molar-refractivity contribution < 1.29 is 0 Å². The Balaban J connectivity index is 2.04. The third-order valence-electron chi connectivity index (χ3n) is 1.06. The van der Waals surface area contributed by atoms with E-state index in [9.17, 15) is 0 Å². The second kappa shape index (κ2) is 2.99. The van der Waals surface area contributed by atoms with E-state index in [1.165, 1.54) is 0 Å². The highest BCUT2D eigenvalue weighted by atomic mass is 15.0. The average molecular weight is 99.2 g/mol. The second-order valence-electron chi connectivity index (χ2n) is 1.70. The Labute approximate surface area is 44.3 Å². The quantitative estimate of drug-likeness (QED) is 0.423. The van der Waals surface area contributed by atoms with E-state index in [2.05, 4.69) is 17.1 Å². The minimum atomic E-state index is 1.06. The lowest BCUT2D eigenvalue weighted by atomic mass is 10.4. The van der Waals surface area contributed by atoms with Crippen molar-refractivity contribution in [2.24, 2.45) is 0 Å². The summed E-state index contributed by atoms with van der Waals surface area (Å²) in [6.07, 6.45) is 2.20. The van der Waals surface area contributed by atoms with E-state index in [1.54, 1.807) is 0 Å². The summed E-state index contributed by atoms with van der Waals surface area (Å²) in [6.45, 7) is 4.34. The van der Waals surface area contributed by atoms with E-state index in [-0.39, 0.29) is 0 Å². The first-order chi connectivity index (χ1) is 3.50. The highest BCUT2D eigenvalue weighted by Crippen LogP contribution is 1.74. The molecule has 0 aromatic rings. The highest BCUT2D eigenvalue weighted by molar-refractivity contribution is 4.74. The van der Waals surface area contributed by atoms with Crippen molar-refractivity contribution in [3.8, 4) is 0 Å². The number of hydrogen-bond donors (Lipinski definition) is 2. The van der Waals surface area contributed by atoms with Crippen LogP contribution in [0.2, 0.25) is 0 Å². The van der Waals surface area contributed by atoms with Gasteiger partial charge in [0.25, 0.3) is 0 Å². The van der Waals surface area contributed by atoms with Gasteiger partial charge in [-0.1, -0.05) is 0 Å². The Bertz CT molecular complexity index is 25.7. The molecule has 0 bridgehead atoms. The van der Waals surface area contributed by atoms with Crippen LogP contribution in [0.25, 0.3) is 0 Å². The molecular formula is C5H11N2.